The fourth-order valence-electron chi connectivity index (χ4n) is 3.58. The van der Waals surface area contributed by atoms with Gasteiger partial charge < -0.3 is 0 Å². The second kappa shape index (κ2) is 5.44. The minimum absolute atomic E-state index is 0.208. The van der Waals surface area contributed by atoms with Gasteiger partial charge in [-0.25, -0.2) is 0 Å². The summed E-state index contributed by atoms with van der Waals surface area (Å²) in [5.74, 6) is 0.296. The molecule has 114 valence electrons. The number of benzene rings is 1. The summed E-state index contributed by atoms with van der Waals surface area (Å²) >= 11 is 0. The first-order valence-corrected chi connectivity index (χ1v) is 7.37. The maximum atomic E-state index is 12.8. The van der Waals surface area contributed by atoms with Crippen LogP contribution in [0.4, 0.5) is 13.2 Å². The lowest BCUT2D eigenvalue weighted by molar-refractivity contribution is -0.137. The Hall–Kier alpha value is -1.36. The second-order valence-corrected chi connectivity index (χ2v) is 6.06. The zero-order valence-corrected chi connectivity index (χ0v) is 11.7. The maximum Gasteiger partial charge on any atom is 0.416 e. The first kappa shape index (κ1) is 14.6. The minimum atomic E-state index is -4.30. The third-order valence-corrected chi connectivity index (χ3v) is 4.56. The number of carbonyl (C=O) groups is 1. The van der Waals surface area contributed by atoms with Gasteiger partial charge in [-0.2, -0.15) is 13.2 Å². The molecule has 2 unspecified atom stereocenters. The Kier molecular flexibility index (Phi) is 3.78. The van der Waals surface area contributed by atoms with E-state index in [9.17, 15) is 18.0 Å². The first-order chi connectivity index (χ1) is 9.93. The Morgan fingerprint density at radius 3 is 2.43 bits per heavy atom. The standard InChI is InChI=1S/C16H18F3NO/c17-16(18,19)12-4-1-3-11(7-12)10-20-13-5-2-6-14(20)9-15(21)8-13/h1,3-4,7,13-14H,2,5-6,8-10H2. The van der Waals surface area contributed by atoms with Crippen molar-refractivity contribution in [3.05, 3.63) is 35.4 Å². The molecular formula is C16H18F3NO. The Labute approximate surface area is 121 Å². The van der Waals surface area contributed by atoms with E-state index in [2.05, 4.69) is 4.90 Å². The summed E-state index contributed by atoms with van der Waals surface area (Å²) in [6.45, 7) is 0.506. The lowest BCUT2D eigenvalue weighted by Gasteiger charge is -2.45. The third-order valence-electron chi connectivity index (χ3n) is 4.56. The van der Waals surface area contributed by atoms with Crippen molar-refractivity contribution in [2.45, 2.75) is 56.9 Å². The smallest absolute Gasteiger partial charge is 0.300 e. The van der Waals surface area contributed by atoms with Crippen molar-refractivity contribution in [1.29, 1.82) is 0 Å². The molecule has 0 aromatic heterocycles. The number of Topliss-reactive ketones (excluding diaryl/α,β-unsaturated/α-hetero) is 1. The highest BCUT2D eigenvalue weighted by Gasteiger charge is 2.37. The van der Waals surface area contributed by atoms with Crippen LogP contribution in [-0.2, 0) is 17.5 Å². The summed E-state index contributed by atoms with van der Waals surface area (Å²) in [4.78, 5) is 13.9. The van der Waals surface area contributed by atoms with Crippen LogP contribution in [0.5, 0.6) is 0 Å². The van der Waals surface area contributed by atoms with Gasteiger partial charge in [0.05, 0.1) is 5.56 Å². The SMILES string of the molecule is O=C1CC2CCCC(C1)N2Cc1cccc(C(F)(F)F)c1. The summed E-state index contributed by atoms with van der Waals surface area (Å²) < 4.78 is 38.3. The lowest BCUT2D eigenvalue weighted by Crippen LogP contribution is -2.51. The number of alkyl halides is 3. The molecule has 2 nitrogen and oxygen atoms in total. The number of nitrogens with zero attached hydrogens (tertiary/aromatic N) is 1. The molecule has 5 heteroatoms. The number of rotatable bonds is 2. The van der Waals surface area contributed by atoms with Crippen molar-refractivity contribution >= 4 is 5.78 Å². The van der Waals surface area contributed by atoms with E-state index in [1.807, 2.05) is 0 Å². The average Bonchev–Trinajstić information content (AvgIpc) is 2.39. The minimum Gasteiger partial charge on any atom is -0.300 e. The number of fused-ring (bicyclic) bond motifs is 2. The molecule has 2 saturated heterocycles. The molecule has 2 bridgehead atoms. The van der Waals surface area contributed by atoms with Crippen LogP contribution in [0.15, 0.2) is 24.3 Å². The molecule has 2 heterocycles. The molecule has 0 spiro atoms. The molecule has 0 N–H and O–H groups in total. The Balaban J connectivity index is 1.79. The third kappa shape index (κ3) is 3.12. The zero-order chi connectivity index (χ0) is 15.0. The van der Waals surface area contributed by atoms with E-state index in [0.717, 1.165) is 25.3 Å². The van der Waals surface area contributed by atoms with Crippen LogP contribution in [0.2, 0.25) is 0 Å². The molecule has 21 heavy (non-hydrogen) atoms. The van der Waals surface area contributed by atoms with Gasteiger partial charge in [-0.3, -0.25) is 9.69 Å². The normalized spacial score (nSPS) is 26.9. The van der Waals surface area contributed by atoms with Gasteiger partial charge in [-0.1, -0.05) is 24.6 Å². The molecule has 0 saturated carbocycles. The van der Waals surface area contributed by atoms with Crippen LogP contribution in [0.25, 0.3) is 0 Å². The molecular weight excluding hydrogens is 279 g/mol. The highest BCUT2D eigenvalue weighted by atomic mass is 19.4. The van der Waals surface area contributed by atoms with Gasteiger partial charge in [0.15, 0.2) is 0 Å². The molecule has 2 aliphatic rings. The molecule has 2 atom stereocenters. The summed E-state index contributed by atoms with van der Waals surface area (Å²) in [5, 5.41) is 0. The molecule has 0 amide bonds. The summed E-state index contributed by atoms with van der Waals surface area (Å²) in [6.07, 6.45) is -0.140. The van der Waals surface area contributed by atoms with E-state index in [4.69, 9.17) is 0 Å². The number of ketones is 1. The van der Waals surface area contributed by atoms with Crippen molar-refractivity contribution < 1.29 is 18.0 Å². The fraction of sp³-hybridized carbons (Fsp3) is 0.562. The van der Waals surface area contributed by atoms with Gasteiger partial charge in [0.1, 0.15) is 5.78 Å². The van der Waals surface area contributed by atoms with Crippen LogP contribution in [-0.4, -0.2) is 22.8 Å². The number of piperidine rings is 2. The van der Waals surface area contributed by atoms with Crippen molar-refractivity contribution in [3.63, 3.8) is 0 Å². The van der Waals surface area contributed by atoms with Crippen molar-refractivity contribution in [3.8, 4) is 0 Å². The van der Waals surface area contributed by atoms with E-state index in [0.29, 0.717) is 30.7 Å². The first-order valence-electron chi connectivity index (χ1n) is 7.37. The molecule has 0 radical (unpaired) electrons. The van der Waals surface area contributed by atoms with Crippen molar-refractivity contribution in [1.82, 2.24) is 4.90 Å². The molecule has 2 aliphatic heterocycles. The lowest BCUT2D eigenvalue weighted by atomic mass is 9.83. The Morgan fingerprint density at radius 1 is 1.14 bits per heavy atom. The van der Waals surface area contributed by atoms with Crippen LogP contribution in [0.3, 0.4) is 0 Å². The molecule has 2 fully saturated rings. The predicted octanol–water partition coefficient (Wildman–Crippen LogP) is 3.79. The van der Waals surface area contributed by atoms with Gasteiger partial charge in [0.25, 0.3) is 0 Å². The van der Waals surface area contributed by atoms with Gasteiger partial charge in [0, 0.05) is 31.5 Å². The van der Waals surface area contributed by atoms with Crippen LogP contribution in [0, 0.1) is 0 Å². The number of carbonyl (C=O) groups excluding carboxylic acids is 1. The van der Waals surface area contributed by atoms with Crippen LogP contribution in [0.1, 0.15) is 43.2 Å². The quantitative estimate of drug-likeness (QED) is 0.827. The van der Waals surface area contributed by atoms with E-state index in [1.54, 1.807) is 6.07 Å². The van der Waals surface area contributed by atoms with Crippen LogP contribution >= 0.6 is 0 Å². The monoisotopic (exact) mass is 297 g/mol. The topological polar surface area (TPSA) is 20.3 Å². The van der Waals surface area contributed by atoms with Gasteiger partial charge in [0.2, 0.25) is 0 Å². The van der Waals surface area contributed by atoms with Crippen LogP contribution < -0.4 is 0 Å². The highest BCUT2D eigenvalue weighted by molar-refractivity contribution is 5.80. The summed E-state index contributed by atoms with van der Waals surface area (Å²) in [7, 11) is 0. The average molecular weight is 297 g/mol. The zero-order valence-electron chi connectivity index (χ0n) is 11.7. The van der Waals surface area contributed by atoms with E-state index < -0.39 is 11.7 Å². The van der Waals surface area contributed by atoms with Gasteiger partial charge >= 0.3 is 6.18 Å². The van der Waals surface area contributed by atoms with Crippen molar-refractivity contribution in [2.24, 2.45) is 0 Å². The molecule has 1 aromatic rings. The number of halogens is 3. The van der Waals surface area contributed by atoms with E-state index in [-0.39, 0.29) is 12.1 Å². The second-order valence-electron chi connectivity index (χ2n) is 6.06. The maximum absolute atomic E-state index is 12.8. The Morgan fingerprint density at radius 2 is 1.81 bits per heavy atom. The summed E-state index contributed by atoms with van der Waals surface area (Å²) in [6, 6.07) is 5.94. The highest BCUT2D eigenvalue weighted by Crippen LogP contribution is 2.34. The number of hydrogen-bond donors (Lipinski definition) is 0. The fourth-order valence-corrected chi connectivity index (χ4v) is 3.58. The van der Waals surface area contributed by atoms with Gasteiger partial charge in [-0.05, 0) is 24.5 Å². The van der Waals surface area contributed by atoms with E-state index >= 15 is 0 Å². The largest absolute Gasteiger partial charge is 0.416 e. The predicted molar refractivity (Wildman–Crippen MR) is 72.7 cm³/mol. The molecule has 1 aromatic carbocycles. The van der Waals surface area contributed by atoms with Gasteiger partial charge in [-0.15, -0.1) is 0 Å². The molecule has 3 rings (SSSR count). The number of hydrogen-bond acceptors (Lipinski definition) is 2. The Bertz CT molecular complexity index is 525. The summed E-state index contributed by atoms with van der Waals surface area (Å²) in [5.41, 5.74) is 0.0781. The van der Waals surface area contributed by atoms with E-state index in [1.165, 1.54) is 12.1 Å². The van der Waals surface area contributed by atoms with Crippen molar-refractivity contribution in [2.75, 3.05) is 0 Å². The molecule has 0 aliphatic carbocycles.